The van der Waals surface area contributed by atoms with E-state index in [0.29, 0.717) is 16.8 Å². The first kappa shape index (κ1) is 24.8. The molecule has 1 amide bonds. The van der Waals surface area contributed by atoms with Crippen molar-refractivity contribution in [3.05, 3.63) is 99.7 Å². The van der Waals surface area contributed by atoms with Crippen molar-refractivity contribution < 1.29 is 18.0 Å². The minimum Gasteiger partial charge on any atom is -0.382 e. The van der Waals surface area contributed by atoms with Crippen LogP contribution < -0.4 is 11.1 Å². The molecule has 182 valence electrons. The third kappa shape index (κ3) is 5.67. The molecule has 2 heterocycles. The van der Waals surface area contributed by atoms with Crippen molar-refractivity contribution in [1.29, 1.82) is 0 Å². The van der Waals surface area contributed by atoms with E-state index < -0.39 is 17.6 Å². The van der Waals surface area contributed by atoms with E-state index in [-0.39, 0.29) is 27.8 Å². The average Bonchev–Trinajstić information content (AvgIpc) is 3.26. The summed E-state index contributed by atoms with van der Waals surface area (Å²) in [5.41, 5.74) is 7.71. The Hall–Kier alpha value is -4.29. The van der Waals surface area contributed by atoms with Gasteiger partial charge in [0.15, 0.2) is 0 Å². The molecule has 0 saturated heterocycles. The van der Waals surface area contributed by atoms with Gasteiger partial charge in [-0.15, -0.1) is 0 Å². The van der Waals surface area contributed by atoms with Crippen LogP contribution in [0, 0.1) is 25.7 Å². The first-order valence-electron chi connectivity index (χ1n) is 10.6. The molecule has 4 aromatic rings. The number of halogens is 4. The predicted molar refractivity (Wildman–Crippen MR) is 132 cm³/mol. The fraction of sp³-hybridized carbons (Fsp3) is 0.115. The Bertz CT molecular complexity index is 1530. The number of amides is 1. The highest BCUT2D eigenvalue weighted by Crippen LogP contribution is 2.33. The summed E-state index contributed by atoms with van der Waals surface area (Å²) in [7, 11) is 0. The molecule has 0 aliphatic carbocycles. The van der Waals surface area contributed by atoms with Gasteiger partial charge in [-0.3, -0.25) is 4.79 Å². The number of carbonyl (C=O) groups is 1. The number of hydrogen-bond acceptors (Lipinski definition) is 4. The molecule has 0 unspecified atom stereocenters. The number of carbonyl (C=O) groups excluding carboxylic acids is 1. The Balaban J connectivity index is 1.64. The minimum absolute atomic E-state index is 0.00743. The molecule has 6 nitrogen and oxygen atoms in total. The van der Waals surface area contributed by atoms with E-state index in [1.807, 2.05) is 6.92 Å². The maximum absolute atomic E-state index is 13.5. The zero-order valence-corrected chi connectivity index (χ0v) is 19.9. The van der Waals surface area contributed by atoms with Crippen LogP contribution in [0.3, 0.4) is 0 Å². The molecule has 36 heavy (non-hydrogen) atoms. The van der Waals surface area contributed by atoms with E-state index in [9.17, 15) is 18.0 Å². The minimum atomic E-state index is -4.60. The third-order valence-corrected chi connectivity index (χ3v) is 5.53. The smallest absolute Gasteiger partial charge is 0.382 e. The number of benzene rings is 2. The number of nitrogens with two attached hydrogens (primary N) is 1. The van der Waals surface area contributed by atoms with Crippen molar-refractivity contribution in [2.75, 3.05) is 11.1 Å². The number of aryl methyl sites for hydroxylation is 2. The molecule has 10 heteroatoms. The lowest BCUT2D eigenvalue weighted by atomic mass is 10.0. The Morgan fingerprint density at radius 3 is 2.53 bits per heavy atom. The van der Waals surface area contributed by atoms with E-state index >= 15 is 0 Å². The monoisotopic (exact) mass is 509 g/mol. The number of anilines is 2. The molecular formula is C26H19ClF3N5O. The van der Waals surface area contributed by atoms with Gasteiger partial charge in [0.1, 0.15) is 5.82 Å². The number of nitrogen functional groups attached to an aromatic ring is 1. The molecule has 0 saturated carbocycles. The molecule has 2 aromatic carbocycles. The summed E-state index contributed by atoms with van der Waals surface area (Å²) in [6.07, 6.45) is -0.119. The van der Waals surface area contributed by atoms with E-state index in [1.54, 1.807) is 37.4 Å². The fourth-order valence-electron chi connectivity index (χ4n) is 3.32. The van der Waals surface area contributed by atoms with E-state index in [4.69, 9.17) is 17.3 Å². The third-order valence-electron chi connectivity index (χ3n) is 5.22. The van der Waals surface area contributed by atoms with Gasteiger partial charge in [-0.2, -0.15) is 13.2 Å². The lowest BCUT2D eigenvalue weighted by molar-refractivity contribution is -0.137. The molecule has 4 rings (SSSR count). The number of pyridine rings is 1. The van der Waals surface area contributed by atoms with Crippen LogP contribution in [0.1, 0.15) is 38.3 Å². The van der Waals surface area contributed by atoms with Gasteiger partial charge in [-0.25, -0.2) is 9.97 Å². The van der Waals surface area contributed by atoms with Crippen LogP contribution >= 0.6 is 11.6 Å². The first-order valence-corrected chi connectivity index (χ1v) is 11.0. The second-order valence-electron chi connectivity index (χ2n) is 8.01. The number of nitrogens with one attached hydrogen (secondary N) is 1. The van der Waals surface area contributed by atoms with Gasteiger partial charge in [0, 0.05) is 40.5 Å². The summed E-state index contributed by atoms with van der Waals surface area (Å²) >= 11 is 5.98. The Morgan fingerprint density at radius 1 is 1.08 bits per heavy atom. The Labute approximate surface area is 210 Å². The standard InChI is InChI=1S/C26H19ClF3N5O/c1-15-3-5-19(8-18(15)6-4-17-7-23(27)24(31)32-12-17)25(36)34-21-9-20(26(28,29)30)10-22(11-21)35-13-16(2)33-14-35/h3,5,7-14H,1-2H3,(H2,31,32)(H,34,36). The topological polar surface area (TPSA) is 85.8 Å². The van der Waals surface area contributed by atoms with Crippen LogP contribution in [-0.2, 0) is 6.18 Å². The van der Waals surface area contributed by atoms with Crippen LogP contribution in [0.15, 0.2) is 61.2 Å². The van der Waals surface area contributed by atoms with Crippen molar-refractivity contribution in [2.45, 2.75) is 20.0 Å². The molecule has 3 N–H and O–H groups in total. The van der Waals surface area contributed by atoms with Gasteiger partial charge < -0.3 is 15.6 Å². The number of imidazole rings is 1. The molecule has 0 aliphatic rings. The van der Waals surface area contributed by atoms with Crippen molar-refractivity contribution in [2.24, 2.45) is 0 Å². The molecule has 0 aliphatic heterocycles. The van der Waals surface area contributed by atoms with Gasteiger partial charge in [0.2, 0.25) is 0 Å². The molecule has 0 fully saturated rings. The highest BCUT2D eigenvalue weighted by molar-refractivity contribution is 6.32. The molecule has 0 radical (unpaired) electrons. The summed E-state index contributed by atoms with van der Waals surface area (Å²) in [5.74, 6) is 5.50. The summed E-state index contributed by atoms with van der Waals surface area (Å²) in [4.78, 5) is 21.0. The lowest BCUT2D eigenvalue weighted by Crippen LogP contribution is -2.14. The second kappa shape index (κ2) is 9.76. The Morgan fingerprint density at radius 2 is 1.86 bits per heavy atom. The molecule has 2 aromatic heterocycles. The highest BCUT2D eigenvalue weighted by Gasteiger charge is 2.31. The largest absolute Gasteiger partial charge is 0.416 e. The van der Waals surface area contributed by atoms with Crippen molar-refractivity contribution in [3.63, 3.8) is 0 Å². The lowest BCUT2D eigenvalue weighted by Gasteiger charge is -2.14. The predicted octanol–water partition coefficient (Wildman–Crippen LogP) is 5.79. The summed E-state index contributed by atoms with van der Waals surface area (Å²) in [5, 5.41) is 2.84. The normalized spacial score (nSPS) is 11.1. The Kier molecular flexibility index (Phi) is 6.73. The number of rotatable bonds is 3. The van der Waals surface area contributed by atoms with Crippen LogP contribution in [0.2, 0.25) is 5.02 Å². The number of hydrogen-bond donors (Lipinski definition) is 2. The van der Waals surface area contributed by atoms with Crippen molar-refractivity contribution in [3.8, 4) is 17.5 Å². The summed E-state index contributed by atoms with van der Waals surface area (Å²) in [6, 6.07) is 9.76. The van der Waals surface area contributed by atoms with E-state index in [1.165, 1.54) is 23.2 Å². The highest BCUT2D eigenvalue weighted by atomic mass is 35.5. The summed E-state index contributed by atoms with van der Waals surface area (Å²) < 4.78 is 42.0. The SMILES string of the molecule is Cc1cn(-c2cc(NC(=O)c3ccc(C)c(C#Cc4cnc(N)c(Cl)c4)c3)cc(C(F)(F)F)c2)cn1. The van der Waals surface area contributed by atoms with E-state index in [2.05, 4.69) is 27.1 Å². The first-order chi connectivity index (χ1) is 17.0. The molecule has 0 atom stereocenters. The molecular weight excluding hydrogens is 491 g/mol. The average molecular weight is 510 g/mol. The second-order valence-corrected chi connectivity index (χ2v) is 8.42. The fourth-order valence-corrected chi connectivity index (χ4v) is 3.48. The molecule has 0 spiro atoms. The maximum atomic E-state index is 13.5. The van der Waals surface area contributed by atoms with Gasteiger partial charge in [-0.05, 0) is 55.8 Å². The summed E-state index contributed by atoms with van der Waals surface area (Å²) in [6.45, 7) is 3.55. The van der Waals surface area contributed by atoms with Gasteiger partial charge in [0.25, 0.3) is 5.91 Å². The zero-order chi connectivity index (χ0) is 26.0. The maximum Gasteiger partial charge on any atom is 0.416 e. The van der Waals surface area contributed by atoms with Crippen LogP contribution in [0.4, 0.5) is 24.7 Å². The van der Waals surface area contributed by atoms with Crippen LogP contribution in [-0.4, -0.2) is 20.4 Å². The van der Waals surface area contributed by atoms with Crippen molar-refractivity contribution >= 4 is 29.0 Å². The van der Waals surface area contributed by atoms with Gasteiger partial charge in [0.05, 0.1) is 22.6 Å². The number of nitrogens with zero attached hydrogens (tertiary/aromatic N) is 3. The van der Waals surface area contributed by atoms with Crippen molar-refractivity contribution in [1.82, 2.24) is 14.5 Å². The molecule has 0 bridgehead atoms. The number of aromatic nitrogens is 3. The van der Waals surface area contributed by atoms with E-state index in [0.717, 1.165) is 17.7 Å². The number of alkyl halides is 3. The van der Waals surface area contributed by atoms with Gasteiger partial charge >= 0.3 is 6.18 Å². The van der Waals surface area contributed by atoms with Crippen LogP contribution in [0.5, 0.6) is 0 Å². The van der Waals surface area contributed by atoms with Gasteiger partial charge in [-0.1, -0.05) is 29.5 Å². The zero-order valence-electron chi connectivity index (χ0n) is 19.1. The quantitative estimate of drug-likeness (QED) is 0.342. The van der Waals surface area contributed by atoms with Crippen LogP contribution in [0.25, 0.3) is 5.69 Å².